The van der Waals surface area contributed by atoms with E-state index in [0.29, 0.717) is 6.61 Å². The summed E-state index contributed by atoms with van der Waals surface area (Å²) in [6, 6.07) is 0. The number of rotatable bonds is 7. The van der Waals surface area contributed by atoms with Crippen LogP contribution in [0.1, 0.15) is 6.42 Å². The minimum absolute atomic E-state index is 0.414. The summed E-state index contributed by atoms with van der Waals surface area (Å²) in [6.07, 6.45) is 2.75. The monoisotopic (exact) mass is 216 g/mol. The molecule has 0 aliphatic carbocycles. The Morgan fingerprint density at radius 3 is 1.93 bits per heavy atom. The highest BCUT2D eigenvalue weighted by Gasteiger charge is 2.43. The Bertz CT molecular complexity index is 168. The second kappa shape index (κ2) is 6.23. The summed E-state index contributed by atoms with van der Waals surface area (Å²) in [5.41, 5.74) is 0. The van der Waals surface area contributed by atoms with Gasteiger partial charge in [-0.2, -0.15) is 0 Å². The standard InChI is InChI=1S/C11H25N3O/c1-8-9-10-15-11(12(2)3,13(4)5)14(6)7/h8H,1,9-10H2,2-7H3/p+1. The first-order valence-electron chi connectivity index (χ1n) is 5.30. The minimum atomic E-state index is -0.414. The third kappa shape index (κ3) is 3.28. The number of quaternary nitrogens is 1. The fourth-order valence-corrected chi connectivity index (χ4v) is 1.98. The molecule has 0 fully saturated rings. The van der Waals surface area contributed by atoms with Crippen LogP contribution in [0, 0.1) is 0 Å². The zero-order valence-electron chi connectivity index (χ0n) is 11.0. The van der Waals surface area contributed by atoms with E-state index in [1.165, 1.54) is 4.90 Å². The Labute approximate surface area is 94.1 Å². The molecule has 0 saturated heterocycles. The Kier molecular flexibility index (Phi) is 6.05. The van der Waals surface area contributed by atoms with Crippen molar-refractivity contribution in [1.29, 1.82) is 0 Å². The summed E-state index contributed by atoms with van der Waals surface area (Å²) >= 11 is 0. The molecule has 0 saturated carbocycles. The zero-order valence-corrected chi connectivity index (χ0v) is 11.0. The smallest absolute Gasteiger partial charge is 0.300 e. The van der Waals surface area contributed by atoms with Crippen LogP contribution in [0.4, 0.5) is 0 Å². The van der Waals surface area contributed by atoms with Gasteiger partial charge in [-0.05, 0) is 34.6 Å². The fourth-order valence-electron chi connectivity index (χ4n) is 1.98. The largest absolute Gasteiger partial charge is 0.330 e. The highest BCUT2D eigenvalue weighted by atomic mass is 16.6. The molecule has 0 aliphatic rings. The molecular formula is C11H26N3O+. The second-order valence-electron chi connectivity index (χ2n) is 4.32. The van der Waals surface area contributed by atoms with Crippen LogP contribution >= 0.6 is 0 Å². The van der Waals surface area contributed by atoms with Crippen molar-refractivity contribution in [3.63, 3.8) is 0 Å². The van der Waals surface area contributed by atoms with E-state index >= 15 is 0 Å². The topological polar surface area (TPSA) is 20.2 Å². The van der Waals surface area contributed by atoms with Gasteiger partial charge in [0.05, 0.1) is 20.7 Å². The first-order chi connectivity index (χ1) is 6.89. The fraction of sp³-hybridized carbons (Fsp3) is 0.818. The van der Waals surface area contributed by atoms with E-state index in [1.54, 1.807) is 0 Å². The number of hydrogen-bond acceptors (Lipinski definition) is 3. The molecule has 0 aromatic rings. The molecule has 90 valence electrons. The maximum Gasteiger partial charge on any atom is 0.330 e. The third-order valence-electron chi connectivity index (χ3n) is 2.49. The van der Waals surface area contributed by atoms with Gasteiger partial charge >= 0.3 is 5.97 Å². The Morgan fingerprint density at radius 1 is 1.20 bits per heavy atom. The summed E-state index contributed by atoms with van der Waals surface area (Å²) < 4.78 is 6.00. The van der Waals surface area contributed by atoms with Crippen LogP contribution in [0.15, 0.2) is 12.7 Å². The van der Waals surface area contributed by atoms with Gasteiger partial charge in [0.15, 0.2) is 0 Å². The van der Waals surface area contributed by atoms with Gasteiger partial charge in [0, 0.05) is 0 Å². The SMILES string of the molecule is C=CCCOC(N(C)C)(N(C)C)[NH+](C)C. The van der Waals surface area contributed by atoms with E-state index in [2.05, 4.69) is 30.5 Å². The molecule has 4 nitrogen and oxygen atoms in total. The van der Waals surface area contributed by atoms with Gasteiger partial charge < -0.3 is 0 Å². The number of nitrogens with one attached hydrogen (secondary N) is 1. The number of ether oxygens (including phenoxy) is 1. The molecule has 0 rings (SSSR count). The lowest BCUT2D eigenvalue weighted by atomic mass is 10.4. The van der Waals surface area contributed by atoms with Gasteiger partial charge in [-0.25, -0.2) is 9.80 Å². The van der Waals surface area contributed by atoms with Crippen molar-refractivity contribution in [1.82, 2.24) is 9.80 Å². The molecule has 0 aromatic heterocycles. The molecular weight excluding hydrogens is 190 g/mol. The van der Waals surface area contributed by atoms with Crippen molar-refractivity contribution in [3.05, 3.63) is 12.7 Å². The van der Waals surface area contributed by atoms with Gasteiger partial charge in [-0.3, -0.25) is 9.64 Å². The molecule has 0 atom stereocenters. The van der Waals surface area contributed by atoms with Crippen LogP contribution < -0.4 is 4.90 Å². The van der Waals surface area contributed by atoms with E-state index < -0.39 is 5.97 Å². The summed E-state index contributed by atoms with van der Waals surface area (Å²) in [4.78, 5) is 5.40. The summed E-state index contributed by atoms with van der Waals surface area (Å²) in [6.45, 7) is 4.39. The molecule has 0 spiro atoms. The lowest BCUT2D eigenvalue weighted by molar-refractivity contribution is -0.977. The zero-order chi connectivity index (χ0) is 12.1. The van der Waals surface area contributed by atoms with E-state index in [-0.39, 0.29) is 0 Å². The Morgan fingerprint density at radius 2 is 1.67 bits per heavy atom. The first-order valence-corrected chi connectivity index (χ1v) is 5.30. The van der Waals surface area contributed by atoms with Crippen molar-refractivity contribution < 1.29 is 9.64 Å². The van der Waals surface area contributed by atoms with Crippen LogP contribution in [0.25, 0.3) is 0 Å². The number of hydrogen-bond donors (Lipinski definition) is 1. The molecule has 0 radical (unpaired) electrons. The normalized spacial score (nSPS) is 12.9. The molecule has 0 bridgehead atoms. The molecule has 0 aromatic carbocycles. The Hall–Kier alpha value is -0.420. The average Bonchev–Trinajstić information content (AvgIpc) is 2.10. The average molecular weight is 216 g/mol. The molecule has 1 N–H and O–H groups in total. The Balaban J connectivity index is 4.72. The van der Waals surface area contributed by atoms with Crippen molar-refractivity contribution >= 4 is 0 Å². The van der Waals surface area contributed by atoms with Gasteiger partial charge in [0.1, 0.15) is 0 Å². The quantitative estimate of drug-likeness (QED) is 0.351. The van der Waals surface area contributed by atoms with Crippen molar-refractivity contribution in [2.75, 3.05) is 48.9 Å². The van der Waals surface area contributed by atoms with Crippen LogP contribution in [0.2, 0.25) is 0 Å². The van der Waals surface area contributed by atoms with E-state index in [9.17, 15) is 0 Å². The van der Waals surface area contributed by atoms with Gasteiger partial charge in [0.2, 0.25) is 0 Å². The predicted molar refractivity (Wildman–Crippen MR) is 63.7 cm³/mol. The van der Waals surface area contributed by atoms with Crippen molar-refractivity contribution in [2.45, 2.75) is 12.4 Å². The highest BCUT2D eigenvalue weighted by molar-refractivity contribution is 4.67. The maximum atomic E-state index is 6.00. The minimum Gasteiger partial charge on any atom is -0.300 e. The molecule has 0 amide bonds. The third-order valence-corrected chi connectivity index (χ3v) is 2.49. The van der Waals surface area contributed by atoms with Crippen LogP contribution in [0.5, 0.6) is 0 Å². The number of nitrogens with zero attached hydrogens (tertiary/aromatic N) is 2. The van der Waals surface area contributed by atoms with Crippen LogP contribution in [-0.4, -0.2) is 64.7 Å². The van der Waals surface area contributed by atoms with Crippen LogP contribution in [-0.2, 0) is 4.74 Å². The first kappa shape index (κ1) is 14.6. The second-order valence-corrected chi connectivity index (χ2v) is 4.32. The van der Waals surface area contributed by atoms with E-state index in [1.807, 2.05) is 34.3 Å². The predicted octanol–water partition coefficient (Wildman–Crippen LogP) is -0.542. The lowest BCUT2D eigenvalue weighted by Crippen LogP contribution is -3.20. The maximum absolute atomic E-state index is 6.00. The van der Waals surface area contributed by atoms with Crippen LogP contribution in [0.3, 0.4) is 0 Å². The molecule has 4 heteroatoms. The summed E-state index contributed by atoms with van der Waals surface area (Å²) in [5, 5.41) is 0. The lowest BCUT2D eigenvalue weighted by Gasteiger charge is -2.44. The molecule has 0 aliphatic heterocycles. The summed E-state index contributed by atoms with van der Waals surface area (Å²) in [5.74, 6) is -0.414. The molecule has 15 heavy (non-hydrogen) atoms. The van der Waals surface area contributed by atoms with E-state index in [4.69, 9.17) is 4.74 Å². The summed E-state index contributed by atoms with van der Waals surface area (Å²) in [7, 11) is 12.3. The molecule has 0 heterocycles. The van der Waals surface area contributed by atoms with Crippen molar-refractivity contribution in [2.24, 2.45) is 0 Å². The highest BCUT2D eigenvalue weighted by Crippen LogP contribution is 2.09. The van der Waals surface area contributed by atoms with Gasteiger partial charge in [-0.1, -0.05) is 6.08 Å². The van der Waals surface area contributed by atoms with Gasteiger partial charge in [-0.15, -0.1) is 6.58 Å². The van der Waals surface area contributed by atoms with Crippen molar-refractivity contribution in [3.8, 4) is 0 Å². The molecule has 0 unspecified atom stereocenters. The van der Waals surface area contributed by atoms with E-state index in [0.717, 1.165) is 6.42 Å². The van der Waals surface area contributed by atoms with Gasteiger partial charge in [0.25, 0.3) is 0 Å².